The minimum absolute atomic E-state index is 0. The summed E-state index contributed by atoms with van der Waals surface area (Å²) in [5.74, 6) is 1.37. The molecule has 0 bridgehead atoms. The number of hydrogen-bond acceptors (Lipinski definition) is 4. The Morgan fingerprint density at radius 2 is 2.23 bits per heavy atom. The molecule has 4 nitrogen and oxygen atoms in total. The first kappa shape index (κ1) is 18.0. The molecule has 0 aromatic carbocycles. The number of amides is 1. The quantitative estimate of drug-likeness (QED) is 0.843. The second-order valence-corrected chi connectivity index (χ2v) is 7.81. The molecule has 22 heavy (non-hydrogen) atoms. The third-order valence-electron chi connectivity index (χ3n) is 4.30. The van der Waals surface area contributed by atoms with E-state index in [1.165, 1.54) is 17.7 Å². The summed E-state index contributed by atoms with van der Waals surface area (Å²) < 4.78 is 5.75. The van der Waals surface area contributed by atoms with Crippen LogP contribution in [0, 0.1) is 11.8 Å². The molecule has 1 aromatic rings. The molecular formula is C15H22Cl2N2O2S. The summed E-state index contributed by atoms with van der Waals surface area (Å²) in [7, 11) is 1.55. The van der Waals surface area contributed by atoms with Gasteiger partial charge >= 0.3 is 0 Å². The van der Waals surface area contributed by atoms with Crippen LogP contribution in [-0.2, 0) is 16.1 Å². The fraction of sp³-hybridized carbons (Fsp3) is 0.667. The van der Waals surface area contributed by atoms with Gasteiger partial charge in [-0.15, -0.1) is 23.7 Å². The van der Waals surface area contributed by atoms with Crippen molar-refractivity contribution in [2.24, 2.45) is 11.8 Å². The first-order chi connectivity index (χ1) is 10.2. The van der Waals surface area contributed by atoms with E-state index < -0.39 is 0 Å². The van der Waals surface area contributed by atoms with Crippen LogP contribution in [0.25, 0.3) is 0 Å². The fourth-order valence-electron chi connectivity index (χ4n) is 3.23. The summed E-state index contributed by atoms with van der Waals surface area (Å²) in [6.45, 7) is 3.07. The summed E-state index contributed by atoms with van der Waals surface area (Å²) in [4.78, 5) is 15.5. The number of rotatable bonds is 6. The van der Waals surface area contributed by atoms with Crippen LogP contribution >= 0.6 is 35.3 Å². The first-order valence-electron chi connectivity index (χ1n) is 7.40. The molecular weight excluding hydrogens is 343 g/mol. The van der Waals surface area contributed by atoms with Crippen molar-refractivity contribution in [2.45, 2.75) is 25.4 Å². The van der Waals surface area contributed by atoms with Crippen molar-refractivity contribution in [2.75, 3.05) is 26.8 Å². The van der Waals surface area contributed by atoms with Crippen molar-refractivity contribution < 1.29 is 9.53 Å². The molecule has 0 radical (unpaired) electrons. The van der Waals surface area contributed by atoms with Gasteiger partial charge in [0.2, 0.25) is 5.91 Å². The van der Waals surface area contributed by atoms with Gasteiger partial charge in [-0.25, -0.2) is 0 Å². The van der Waals surface area contributed by atoms with Crippen molar-refractivity contribution in [3.05, 3.63) is 21.3 Å². The van der Waals surface area contributed by atoms with Crippen LogP contribution in [0.15, 0.2) is 12.1 Å². The maximum atomic E-state index is 11.8. The number of carbonyl (C=O) groups excluding carboxylic acids is 1. The number of halogens is 2. The highest BCUT2D eigenvalue weighted by Gasteiger charge is 2.42. The van der Waals surface area contributed by atoms with Crippen molar-refractivity contribution >= 4 is 41.3 Å². The normalized spacial score (nSPS) is 25.0. The summed E-state index contributed by atoms with van der Waals surface area (Å²) >= 11 is 7.64. The average molecular weight is 365 g/mol. The number of methoxy groups -OCH3 is 1. The van der Waals surface area contributed by atoms with Gasteiger partial charge in [-0.05, 0) is 36.8 Å². The second kappa shape index (κ2) is 7.97. The lowest BCUT2D eigenvalue weighted by Crippen LogP contribution is -2.42. The van der Waals surface area contributed by atoms with Gasteiger partial charge in [-0.1, -0.05) is 11.6 Å². The Morgan fingerprint density at radius 3 is 2.82 bits per heavy atom. The van der Waals surface area contributed by atoms with E-state index in [-0.39, 0.29) is 31.0 Å². The van der Waals surface area contributed by atoms with E-state index >= 15 is 0 Å². The molecule has 2 heterocycles. The monoisotopic (exact) mass is 364 g/mol. The Balaban J connectivity index is 0.00000176. The maximum Gasteiger partial charge on any atom is 0.246 e. The van der Waals surface area contributed by atoms with Crippen LogP contribution in [0.2, 0.25) is 4.34 Å². The number of likely N-dealkylation sites (tertiary alicyclic amines) is 1. The molecule has 1 aromatic heterocycles. The van der Waals surface area contributed by atoms with Crippen LogP contribution < -0.4 is 5.32 Å². The van der Waals surface area contributed by atoms with Crippen LogP contribution in [-0.4, -0.2) is 43.7 Å². The zero-order valence-electron chi connectivity index (χ0n) is 12.6. The molecule has 1 aliphatic heterocycles. The van der Waals surface area contributed by atoms with Crippen LogP contribution in [0.5, 0.6) is 0 Å². The standard InChI is InChI=1S/C15H21ClN2O2S.ClH/c1-20-9-15(19)17-13-8-18(7-12(13)10-2-3-10)6-11-4-5-14(16)21-11;/h4-5,10,12-13H,2-3,6-9H2,1H3,(H,17,19);1H/t12-,13+;/m1./s1. The lowest BCUT2D eigenvalue weighted by atomic mass is 9.98. The van der Waals surface area contributed by atoms with Gasteiger partial charge in [0, 0.05) is 37.7 Å². The highest BCUT2D eigenvalue weighted by atomic mass is 35.5. The minimum Gasteiger partial charge on any atom is -0.375 e. The molecule has 7 heteroatoms. The Bertz CT molecular complexity index is 507. The van der Waals surface area contributed by atoms with Crippen LogP contribution in [0.1, 0.15) is 17.7 Å². The molecule has 2 fully saturated rings. The predicted molar refractivity (Wildman–Crippen MR) is 91.9 cm³/mol. The van der Waals surface area contributed by atoms with E-state index in [1.54, 1.807) is 18.4 Å². The first-order valence-corrected chi connectivity index (χ1v) is 8.60. The van der Waals surface area contributed by atoms with E-state index in [2.05, 4.69) is 16.3 Å². The van der Waals surface area contributed by atoms with E-state index in [1.807, 2.05) is 6.07 Å². The number of ether oxygens (including phenoxy) is 1. The van der Waals surface area contributed by atoms with E-state index in [4.69, 9.17) is 16.3 Å². The largest absolute Gasteiger partial charge is 0.375 e. The number of nitrogens with one attached hydrogen (secondary N) is 1. The third-order valence-corrected chi connectivity index (χ3v) is 5.51. The molecule has 3 rings (SSSR count). The van der Waals surface area contributed by atoms with Crippen molar-refractivity contribution in [1.29, 1.82) is 0 Å². The van der Waals surface area contributed by atoms with Crippen molar-refractivity contribution in [3.63, 3.8) is 0 Å². The molecule has 124 valence electrons. The summed E-state index contributed by atoms with van der Waals surface area (Å²) in [5, 5.41) is 3.14. The molecule has 0 spiro atoms. The Hall–Kier alpha value is -0.330. The summed E-state index contributed by atoms with van der Waals surface area (Å²) in [5.41, 5.74) is 0. The summed E-state index contributed by atoms with van der Waals surface area (Å²) in [6, 6.07) is 4.31. The predicted octanol–water partition coefficient (Wildman–Crippen LogP) is 2.80. The van der Waals surface area contributed by atoms with Gasteiger partial charge in [-0.3, -0.25) is 9.69 Å². The topological polar surface area (TPSA) is 41.6 Å². The molecule has 1 N–H and O–H groups in total. The fourth-order valence-corrected chi connectivity index (χ4v) is 4.36. The van der Waals surface area contributed by atoms with E-state index in [0.717, 1.165) is 29.9 Å². The number of nitrogens with zero attached hydrogens (tertiary/aromatic N) is 1. The van der Waals surface area contributed by atoms with Gasteiger partial charge in [-0.2, -0.15) is 0 Å². The Kier molecular flexibility index (Phi) is 6.53. The Labute approximate surface area is 146 Å². The SMILES string of the molecule is COCC(=O)N[C@H]1CN(Cc2ccc(Cl)s2)C[C@@H]1C1CC1.Cl. The van der Waals surface area contributed by atoms with E-state index in [0.29, 0.717) is 5.92 Å². The van der Waals surface area contributed by atoms with Crippen molar-refractivity contribution in [3.8, 4) is 0 Å². The molecule has 1 saturated heterocycles. The van der Waals surface area contributed by atoms with Gasteiger partial charge in [0.05, 0.1) is 4.34 Å². The zero-order chi connectivity index (χ0) is 14.8. The maximum absolute atomic E-state index is 11.8. The average Bonchev–Trinajstić information content (AvgIpc) is 3.09. The number of carbonyl (C=O) groups is 1. The minimum atomic E-state index is -0.00540. The number of thiophene rings is 1. The molecule has 2 aliphatic rings. The Morgan fingerprint density at radius 1 is 1.45 bits per heavy atom. The molecule has 1 aliphatic carbocycles. The smallest absolute Gasteiger partial charge is 0.246 e. The van der Waals surface area contributed by atoms with Gasteiger partial charge < -0.3 is 10.1 Å². The highest BCUT2D eigenvalue weighted by molar-refractivity contribution is 7.16. The molecule has 1 amide bonds. The lowest BCUT2D eigenvalue weighted by molar-refractivity contribution is -0.125. The van der Waals surface area contributed by atoms with Crippen LogP contribution in [0.3, 0.4) is 0 Å². The summed E-state index contributed by atoms with van der Waals surface area (Å²) in [6.07, 6.45) is 2.61. The van der Waals surface area contributed by atoms with Crippen molar-refractivity contribution in [1.82, 2.24) is 10.2 Å². The van der Waals surface area contributed by atoms with Gasteiger partial charge in [0.25, 0.3) is 0 Å². The zero-order valence-corrected chi connectivity index (χ0v) is 15.0. The van der Waals surface area contributed by atoms with Gasteiger partial charge in [0.15, 0.2) is 0 Å². The molecule has 0 unspecified atom stereocenters. The lowest BCUT2D eigenvalue weighted by Gasteiger charge is -2.19. The highest BCUT2D eigenvalue weighted by Crippen LogP contribution is 2.42. The third kappa shape index (κ3) is 4.59. The van der Waals surface area contributed by atoms with E-state index in [9.17, 15) is 4.79 Å². The van der Waals surface area contributed by atoms with Crippen LogP contribution in [0.4, 0.5) is 0 Å². The number of hydrogen-bond donors (Lipinski definition) is 1. The van der Waals surface area contributed by atoms with Gasteiger partial charge in [0.1, 0.15) is 6.61 Å². The second-order valence-electron chi connectivity index (χ2n) is 6.01. The molecule has 1 saturated carbocycles. The molecule has 2 atom stereocenters.